The van der Waals surface area contributed by atoms with E-state index in [1.54, 1.807) is 18.2 Å². The van der Waals surface area contributed by atoms with Gasteiger partial charge >= 0.3 is 0 Å². The summed E-state index contributed by atoms with van der Waals surface area (Å²) in [6, 6.07) is 1.69. The molecule has 0 amide bonds. The van der Waals surface area contributed by atoms with Crippen LogP contribution in [0.4, 0.5) is 0 Å². The molecule has 0 saturated carbocycles. The Morgan fingerprint density at radius 3 is 1.33 bits per heavy atom. The molecule has 0 unspecified atom stereocenters. The van der Waals surface area contributed by atoms with Gasteiger partial charge in [0, 0.05) is 6.08 Å². The van der Waals surface area contributed by atoms with Crippen LogP contribution in [-0.4, -0.2) is 0 Å². The first-order valence-corrected chi connectivity index (χ1v) is 2.07. The predicted molar refractivity (Wildman–Crippen MR) is 43.5 cm³/mol. The van der Waals surface area contributed by atoms with Crippen molar-refractivity contribution < 1.29 is 0 Å². The third-order valence-corrected chi connectivity index (χ3v) is 0.258. The van der Waals surface area contributed by atoms with Gasteiger partial charge in [0.15, 0.2) is 0 Å². The smallest absolute Gasteiger partial charge is 0.0905 e. The van der Waals surface area contributed by atoms with Gasteiger partial charge < -0.3 is 0 Å². The molecule has 0 aliphatic carbocycles. The first-order valence-electron chi connectivity index (χ1n) is 2.07. The van der Waals surface area contributed by atoms with Gasteiger partial charge in [-0.05, 0) is 0 Å². The number of allylic oxidation sites excluding steroid dienone is 3. The van der Waals surface area contributed by atoms with E-state index in [9.17, 15) is 0 Å². The van der Waals surface area contributed by atoms with Gasteiger partial charge in [-0.2, -0.15) is 5.26 Å². The van der Waals surface area contributed by atoms with Crippen molar-refractivity contribution in [3.8, 4) is 6.07 Å². The third-order valence-electron chi connectivity index (χ3n) is 0.258. The monoisotopic (exact) mass is 143 g/mol. The maximum Gasteiger partial charge on any atom is 0.0905 e. The van der Waals surface area contributed by atoms with E-state index in [0.717, 1.165) is 0 Å². The molecule has 0 N–H and O–H groups in total. The molecule has 0 spiro atoms. The van der Waals surface area contributed by atoms with Crippen molar-refractivity contribution >= 4 is 12.4 Å². The molecule has 0 aromatic carbocycles. The van der Waals surface area contributed by atoms with Gasteiger partial charge in [-0.25, -0.2) is 0 Å². The summed E-state index contributed by atoms with van der Waals surface area (Å²) in [6.45, 7) is 9.84. The first-order chi connectivity index (χ1) is 3.83. The molecule has 0 heterocycles. The Morgan fingerprint density at radius 1 is 1.11 bits per heavy atom. The minimum absolute atomic E-state index is 0. The van der Waals surface area contributed by atoms with Crippen molar-refractivity contribution in [2.24, 2.45) is 0 Å². The van der Waals surface area contributed by atoms with Crippen LogP contribution in [0, 0.1) is 11.3 Å². The Labute approximate surface area is 62.4 Å². The summed E-state index contributed by atoms with van der Waals surface area (Å²) < 4.78 is 0. The molecule has 50 valence electrons. The molecule has 1 nitrogen and oxygen atoms in total. The normalized spacial score (nSPS) is 3.89. The minimum atomic E-state index is 0. The van der Waals surface area contributed by atoms with Crippen LogP contribution in [0.15, 0.2) is 38.0 Å². The van der Waals surface area contributed by atoms with Crippen LogP contribution in [0.2, 0.25) is 0 Å². The van der Waals surface area contributed by atoms with E-state index >= 15 is 0 Å². The van der Waals surface area contributed by atoms with Crippen LogP contribution in [0.5, 0.6) is 0 Å². The summed E-state index contributed by atoms with van der Waals surface area (Å²) in [5.74, 6) is 0. The number of hydrogen-bond donors (Lipinski definition) is 0. The number of halogens is 1. The van der Waals surface area contributed by atoms with Gasteiger partial charge in [-0.3, -0.25) is 0 Å². The Hall–Kier alpha value is -1.00. The molecule has 0 aromatic heterocycles. The molecular weight excluding hydrogens is 134 g/mol. The van der Waals surface area contributed by atoms with Crippen molar-refractivity contribution in [2.75, 3.05) is 0 Å². The second-order valence-corrected chi connectivity index (χ2v) is 0.805. The minimum Gasteiger partial charge on any atom is -0.193 e. The van der Waals surface area contributed by atoms with Gasteiger partial charge in [0.05, 0.1) is 6.07 Å². The average molecular weight is 144 g/mol. The fourth-order valence-electron chi connectivity index (χ4n) is 0. The lowest BCUT2D eigenvalue weighted by Crippen LogP contribution is -1.23. The first kappa shape index (κ1) is 15.7. The number of nitriles is 1. The molecule has 0 aromatic rings. The van der Waals surface area contributed by atoms with E-state index in [1.165, 1.54) is 6.08 Å². The topological polar surface area (TPSA) is 23.8 Å². The van der Waals surface area contributed by atoms with Crippen LogP contribution in [0.1, 0.15) is 0 Å². The molecule has 0 rings (SSSR count). The highest BCUT2D eigenvalue weighted by atomic mass is 35.5. The van der Waals surface area contributed by atoms with Gasteiger partial charge in [0.1, 0.15) is 0 Å². The van der Waals surface area contributed by atoms with E-state index in [4.69, 9.17) is 5.26 Å². The van der Waals surface area contributed by atoms with E-state index in [2.05, 4.69) is 19.7 Å². The van der Waals surface area contributed by atoms with Crippen LogP contribution in [0.25, 0.3) is 0 Å². The highest BCUT2D eigenvalue weighted by Crippen LogP contribution is 1.52. The lowest BCUT2D eigenvalue weighted by Gasteiger charge is -1.44. The molecule has 2 heteroatoms. The zero-order valence-electron chi connectivity index (χ0n) is 5.21. The van der Waals surface area contributed by atoms with Crippen molar-refractivity contribution in [3.05, 3.63) is 38.0 Å². The Balaban J connectivity index is -0.0000000720. The molecule has 0 radical (unpaired) electrons. The molecule has 0 bridgehead atoms. The van der Waals surface area contributed by atoms with Crippen LogP contribution in [-0.2, 0) is 0 Å². The van der Waals surface area contributed by atoms with Crippen molar-refractivity contribution in [2.45, 2.75) is 0 Å². The van der Waals surface area contributed by atoms with Gasteiger partial charge in [0.25, 0.3) is 0 Å². The maximum absolute atomic E-state index is 7.51. The fraction of sp³-hybridized carbons (Fsp3) is 0. The van der Waals surface area contributed by atoms with Gasteiger partial charge in [-0.1, -0.05) is 31.9 Å². The molecule has 9 heavy (non-hydrogen) atoms. The standard InChI is InChI=1S/C4H6.C3H3N.ClH/c1-3-4-2;1-2-3-4;/h3-4H,1-2H2;2H,1H2;1H. The summed E-state index contributed by atoms with van der Waals surface area (Å²) in [5.41, 5.74) is 0. The van der Waals surface area contributed by atoms with Gasteiger partial charge in [0.2, 0.25) is 0 Å². The van der Waals surface area contributed by atoms with Crippen molar-refractivity contribution in [3.63, 3.8) is 0 Å². The quantitative estimate of drug-likeness (QED) is 0.409. The highest BCUT2D eigenvalue weighted by Gasteiger charge is 1.34. The largest absolute Gasteiger partial charge is 0.193 e. The average Bonchev–Trinajstić information content (AvgIpc) is 1.88. The zero-order valence-corrected chi connectivity index (χ0v) is 6.03. The van der Waals surface area contributed by atoms with Crippen molar-refractivity contribution in [1.82, 2.24) is 0 Å². The number of hydrogen-bond acceptors (Lipinski definition) is 1. The third kappa shape index (κ3) is 175. The SMILES string of the molecule is C=CC#N.C=CC=C.Cl. The van der Waals surface area contributed by atoms with Gasteiger partial charge in [-0.15, -0.1) is 12.4 Å². The molecule has 0 saturated heterocycles. The van der Waals surface area contributed by atoms with E-state index in [0.29, 0.717) is 0 Å². The van der Waals surface area contributed by atoms with Crippen molar-refractivity contribution in [1.29, 1.82) is 5.26 Å². The lowest BCUT2D eigenvalue weighted by atomic mass is 10.6. The number of nitrogens with zero attached hydrogens (tertiary/aromatic N) is 1. The zero-order chi connectivity index (χ0) is 6.83. The molecule has 0 atom stereocenters. The summed E-state index contributed by atoms with van der Waals surface area (Å²) >= 11 is 0. The number of rotatable bonds is 1. The summed E-state index contributed by atoms with van der Waals surface area (Å²) in [7, 11) is 0. The second kappa shape index (κ2) is 28.0. The lowest BCUT2D eigenvalue weighted by molar-refractivity contribution is 1.54. The Morgan fingerprint density at radius 2 is 1.33 bits per heavy atom. The van der Waals surface area contributed by atoms with Crippen LogP contribution in [0.3, 0.4) is 0 Å². The van der Waals surface area contributed by atoms with Crippen LogP contribution >= 0.6 is 12.4 Å². The summed E-state index contributed by atoms with van der Waals surface area (Å²) in [5, 5.41) is 7.51. The summed E-state index contributed by atoms with van der Waals surface area (Å²) in [4.78, 5) is 0. The predicted octanol–water partition coefficient (Wildman–Crippen LogP) is 2.48. The second-order valence-electron chi connectivity index (χ2n) is 0.805. The Bertz CT molecular complexity index is 105. The molecular formula is C7H10ClN. The molecule has 0 aliphatic heterocycles. The highest BCUT2D eigenvalue weighted by molar-refractivity contribution is 5.85. The fourth-order valence-corrected chi connectivity index (χ4v) is 0. The van der Waals surface area contributed by atoms with Crippen LogP contribution < -0.4 is 0 Å². The van der Waals surface area contributed by atoms with E-state index < -0.39 is 0 Å². The molecule has 0 aliphatic rings. The molecule has 0 fully saturated rings. The maximum atomic E-state index is 7.51. The summed E-state index contributed by atoms with van der Waals surface area (Å²) in [6.07, 6.45) is 4.46. The van der Waals surface area contributed by atoms with E-state index in [-0.39, 0.29) is 12.4 Å². The van der Waals surface area contributed by atoms with E-state index in [1.807, 2.05) is 0 Å². The Kier molecular flexibility index (Phi) is 48.8.